The summed E-state index contributed by atoms with van der Waals surface area (Å²) in [5.41, 5.74) is 9.33. The molecular formula is C70H58B2N6O4. The van der Waals surface area contributed by atoms with Crippen molar-refractivity contribution in [1.82, 2.24) is 18.9 Å². The molecule has 12 heteroatoms. The molecule has 0 fully saturated rings. The van der Waals surface area contributed by atoms with Gasteiger partial charge in [0.25, 0.3) is 0 Å². The lowest BCUT2D eigenvalue weighted by molar-refractivity contribution is 0.210. The van der Waals surface area contributed by atoms with Crippen molar-refractivity contribution < 1.29 is 18.3 Å². The minimum atomic E-state index is -0.607. The number of hydrogen-bond donors (Lipinski definition) is 0. The molecule has 0 N–H and O–H groups in total. The second kappa shape index (κ2) is 23.4. The molecular weight excluding hydrogens is 1010 g/mol. The summed E-state index contributed by atoms with van der Waals surface area (Å²) >= 11 is 0. The Kier molecular flexibility index (Phi) is 15.0. The van der Waals surface area contributed by atoms with E-state index in [4.69, 9.17) is 28.3 Å². The second-order valence-corrected chi connectivity index (χ2v) is 20.9. The average Bonchev–Trinajstić information content (AvgIpc) is 2.35. The molecule has 0 spiro atoms. The molecule has 12 rings (SSSR count). The van der Waals surface area contributed by atoms with Crippen molar-refractivity contribution in [3.8, 4) is 46.2 Å². The van der Waals surface area contributed by atoms with E-state index in [1.807, 2.05) is 146 Å². The van der Waals surface area contributed by atoms with Gasteiger partial charge in [0.15, 0.2) is 11.2 Å². The number of ether oxygens (including phenoxy) is 2. The van der Waals surface area contributed by atoms with E-state index < -0.39 is 13.7 Å². The highest BCUT2D eigenvalue weighted by atomic mass is 16.5. The number of rotatable bonds is 18. The molecule has 398 valence electrons. The summed E-state index contributed by atoms with van der Waals surface area (Å²) in [6, 6.07) is 78.4. The molecule has 12 aromatic rings. The van der Waals surface area contributed by atoms with Crippen LogP contribution in [0.5, 0.6) is 11.5 Å². The maximum atomic E-state index is 12.3. The molecule has 2 unspecified atom stereocenters. The fraction of sp³-hybridized carbons (Fsp3) is 0.143. The van der Waals surface area contributed by atoms with Gasteiger partial charge in [-0.25, -0.2) is 9.97 Å². The van der Waals surface area contributed by atoms with Gasteiger partial charge in [-0.15, -0.1) is 0 Å². The summed E-state index contributed by atoms with van der Waals surface area (Å²) in [5, 5.41) is 27.0. The first kappa shape index (κ1) is 52.7. The number of para-hydroxylation sites is 4. The summed E-state index contributed by atoms with van der Waals surface area (Å²) < 4.78 is 31.6. The third-order valence-electron chi connectivity index (χ3n) is 15.3. The molecule has 0 bridgehead atoms. The highest BCUT2D eigenvalue weighted by molar-refractivity contribution is 6.85. The minimum Gasteiger partial charge on any atom is -0.493 e. The third-order valence-corrected chi connectivity index (χ3v) is 15.3. The Balaban J connectivity index is 1.42. The van der Waals surface area contributed by atoms with Gasteiger partial charge in [-0.1, -0.05) is 225 Å². The minimum absolute atomic E-state index is 0.0880. The van der Waals surface area contributed by atoms with Gasteiger partial charge in [0, 0.05) is 33.3 Å². The molecule has 82 heavy (non-hydrogen) atoms. The van der Waals surface area contributed by atoms with Gasteiger partial charge < -0.3 is 27.3 Å². The fourth-order valence-corrected chi connectivity index (χ4v) is 11.4. The number of fused-ring (bicyclic) bond motifs is 3. The van der Waals surface area contributed by atoms with Crippen LogP contribution in [0.1, 0.15) is 58.7 Å². The molecule has 4 heterocycles. The molecule has 10 nitrogen and oxygen atoms in total. The predicted octanol–water partition coefficient (Wildman–Crippen LogP) is 11.8. The Morgan fingerprint density at radius 1 is 0.512 bits per heavy atom. The van der Waals surface area contributed by atoms with Crippen molar-refractivity contribution in [2.24, 2.45) is 5.92 Å². The van der Waals surface area contributed by atoms with E-state index >= 15 is 0 Å². The summed E-state index contributed by atoms with van der Waals surface area (Å²) in [7, 11) is 0. The van der Waals surface area contributed by atoms with Gasteiger partial charge >= 0.3 is 13.7 Å². The summed E-state index contributed by atoms with van der Waals surface area (Å²) in [6.45, 7) is 7.89. The SMILES string of the molecule is CCCC(C)Oc1cccc(-c2c3/c(=C(\C#N)c4nc5ccccc5o4)n(B(c4ccccc4)c4ccccc4)c(-c4cccc(OCC(C)CC)c4)c3/c(=C(\C#N)c3nc4ccccc4o3)n2B(c2ccccc2)c2ccccc2)c1. The van der Waals surface area contributed by atoms with E-state index in [0.717, 1.165) is 52.2 Å². The average molecular weight is 1070 g/mol. The van der Waals surface area contributed by atoms with Gasteiger partial charge in [0.2, 0.25) is 11.8 Å². The van der Waals surface area contributed by atoms with Crippen molar-refractivity contribution in [2.45, 2.75) is 53.1 Å². The van der Waals surface area contributed by atoms with Crippen molar-refractivity contribution in [2.75, 3.05) is 6.61 Å². The van der Waals surface area contributed by atoms with Crippen LogP contribution in [0.2, 0.25) is 0 Å². The number of hydrogen-bond acceptors (Lipinski definition) is 8. The first-order chi connectivity index (χ1) is 40.3. The maximum Gasteiger partial charge on any atom is 0.328 e. The van der Waals surface area contributed by atoms with E-state index in [0.29, 0.717) is 79.1 Å². The molecule has 0 aliphatic heterocycles. The van der Waals surface area contributed by atoms with Crippen LogP contribution in [-0.4, -0.2) is 45.3 Å². The Morgan fingerprint density at radius 3 is 1.32 bits per heavy atom. The Labute approximate surface area is 477 Å². The molecule has 0 aliphatic rings. The van der Waals surface area contributed by atoms with Crippen LogP contribution in [0.4, 0.5) is 0 Å². The van der Waals surface area contributed by atoms with Crippen LogP contribution in [0, 0.1) is 28.6 Å². The molecule has 0 radical (unpaired) electrons. The van der Waals surface area contributed by atoms with Gasteiger partial charge in [0.1, 0.15) is 45.8 Å². The number of nitriles is 2. The molecule has 0 amide bonds. The zero-order valence-electron chi connectivity index (χ0n) is 46.2. The Hall–Kier alpha value is -10.0. The van der Waals surface area contributed by atoms with Crippen LogP contribution < -0.4 is 42.0 Å². The number of oxazole rings is 2. The topological polar surface area (TPSA) is 128 Å². The number of nitrogens with zero attached hydrogens (tertiary/aromatic N) is 6. The fourth-order valence-electron chi connectivity index (χ4n) is 11.4. The summed E-state index contributed by atoms with van der Waals surface area (Å²) in [6.07, 6.45) is 2.66. The van der Waals surface area contributed by atoms with Gasteiger partial charge in [-0.2, -0.15) is 10.5 Å². The predicted molar refractivity (Wildman–Crippen MR) is 331 cm³/mol. The molecule has 0 saturated heterocycles. The van der Waals surface area contributed by atoms with Crippen molar-refractivity contribution in [3.63, 3.8) is 0 Å². The zero-order chi connectivity index (χ0) is 56.1. The largest absolute Gasteiger partial charge is 0.493 e. The Morgan fingerprint density at radius 2 is 0.915 bits per heavy atom. The lowest BCUT2D eigenvalue weighted by atomic mass is 9.50. The monoisotopic (exact) mass is 1070 g/mol. The lowest BCUT2D eigenvalue weighted by Gasteiger charge is -2.24. The standard InChI is InChI=1S/C70H58B2N6O4/c1-5-25-48(4)80-56-37-24-27-50(43-56)66-64-63(67(57(44-73)69-75-59-38-19-21-40-61(59)81-69)78(66)72(53-32-15-9-16-33-53)54-34-17-10-18-35-54)65(49-26-23-36-55(42-49)79-46-47(3)6-2)77(71(51-28-11-7-12-29-51)52-30-13-8-14-31-52)68(64)58(45-74)70-76-60-39-20-22-41-62(60)82-70/h7-24,26-43,47-48H,5-6,25,46H2,1-4H3/b67-57-,68-58-. The van der Waals surface area contributed by atoms with Crippen LogP contribution in [-0.2, 0) is 0 Å². The lowest BCUT2D eigenvalue weighted by Crippen LogP contribution is -2.54. The van der Waals surface area contributed by atoms with Crippen molar-refractivity contribution in [1.29, 1.82) is 10.5 Å². The normalized spacial score (nSPS) is 12.9. The van der Waals surface area contributed by atoms with Gasteiger partial charge in [0.05, 0.1) is 23.4 Å². The van der Waals surface area contributed by atoms with Gasteiger partial charge in [-0.3, -0.25) is 0 Å². The smallest absolute Gasteiger partial charge is 0.328 e. The molecule has 2 atom stereocenters. The maximum absolute atomic E-state index is 12.3. The first-order valence-corrected chi connectivity index (χ1v) is 28.1. The first-order valence-electron chi connectivity index (χ1n) is 28.1. The van der Waals surface area contributed by atoms with E-state index in [1.165, 1.54) is 0 Å². The molecule has 8 aromatic carbocycles. The van der Waals surface area contributed by atoms with E-state index in [9.17, 15) is 10.5 Å². The molecule has 0 saturated carbocycles. The van der Waals surface area contributed by atoms with Crippen LogP contribution in [0.3, 0.4) is 0 Å². The second-order valence-electron chi connectivity index (χ2n) is 20.9. The quantitative estimate of drug-likeness (QED) is 0.0777. The summed E-state index contributed by atoms with van der Waals surface area (Å²) in [4.78, 5) is 10.3. The Bertz CT molecular complexity index is 4220. The van der Waals surface area contributed by atoms with Gasteiger partial charge in [-0.05, 0) is 67.8 Å². The number of benzene rings is 8. The van der Waals surface area contributed by atoms with Crippen LogP contribution >= 0.6 is 0 Å². The molecule has 4 aromatic heterocycles. The number of aromatic nitrogens is 4. The third kappa shape index (κ3) is 10.1. The highest BCUT2D eigenvalue weighted by Crippen LogP contribution is 2.39. The molecule has 0 aliphatic carbocycles. The van der Waals surface area contributed by atoms with Crippen molar-refractivity contribution >= 4 is 79.7 Å². The van der Waals surface area contributed by atoms with E-state index in [2.05, 4.69) is 122 Å². The van der Waals surface area contributed by atoms with E-state index in [1.54, 1.807) is 0 Å². The summed E-state index contributed by atoms with van der Waals surface area (Å²) in [5.74, 6) is 1.90. The van der Waals surface area contributed by atoms with Crippen LogP contribution in [0.25, 0.3) is 66.6 Å². The van der Waals surface area contributed by atoms with Crippen molar-refractivity contribution in [3.05, 3.63) is 241 Å². The zero-order valence-corrected chi connectivity index (χ0v) is 46.2. The van der Waals surface area contributed by atoms with Crippen LogP contribution in [0.15, 0.2) is 227 Å². The van der Waals surface area contributed by atoms with E-state index in [-0.39, 0.29) is 29.0 Å². The highest BCUT2D eigenvalue weighted by Gasteiger charge is 2.38.